The van der Waals surface area contributed by atoms with E-state index in [0.29, 0.717) is 0 Å². The second-order valence-electron chi connectivity index (χ2n) is 4.93. The van der Waals surface area contributed by atoms with E-state index in [9.17, 15) is 0 Å². The molecule has 0 aliphatic rings. The first-order valence-electron chi connectivity index (χ1n) is 5.63. The zero-order valence-electron chi connectivity index (χ0n) is 10.8. The molecule has 1 aromatic rings. The van der Waals surface area contributed by atoms with E-state index in [1.807, 2.05) is 0 Å². The summed E-state index contributed by atoms with van der Waals surface area (Å²) in [6.45, 7) is 5.57. The quantitative estimate of drug-likeness (QED) is 0.613. The second-order valence-corrected chi connectivity index (χ2v) is 4.93. The fourth-order valence-corrected chi connectivity index (χ4v) is 1.53. The highest BCUT2D eigenvalue weighted by atomic mass is 35.5. The van der Waals surface area contributed by atoms with Crippen LogP contribution in [-0.4, -0.2) is 45.3 Å². The maximum Gasteiger partial charge on any atom is 0.0958 e. The van der Waals surface area contributed by atoms with Gasteiger partial charge in [0.05, 0.1) is 34.2 Å². The van der Waals surface area contributed by atoms with Crippen molar-refractivity contribution >= 4 is 5.69 Å². The van der Waals surface area contributed by atoms with Crippen LogP contribution in [0.15, 0.2) is 30.3 Å². The molecule has 0 spiro atoms. The lowest BCUT2D eigenvalue weighted by Gasteiger charge is -2.29. The average molecular weight is 243 g/mol. The minimum absolute atomic E-state index is 0. The van der Waals surface area contributed by atoms with Crippen LogP contribution in [0.25, 0.3) is 0 Å². The van der Waals surface area contributed by atoms with Crippen LogP contribution in [0.2, 0.25) is 0 Å². The van der Waals surface area contributed by atoms with E-state index in [1.54, 1.807) is 0 Å². The van der Waals surface area contributed by atoms with Gasteiger partial charge >= 0.3 is 0 Å². The van der Waals surface area contributed by atoms with E-state index in [2.05, 4.69) is 63.3 Å². The zero-order chi connectivity index (χ0) is 11.3. The third-order valence-electron chi connectivity index (χ3n) is 2.54. The predicted octanol–water partition coefficient (Wildman–Crippen LogP) is -0.777. The molecule has 0 unspecified atom stereocenters. The summed E-state index contributed by atoms with van der Waals surface area (Å²) in [6.07, 6.45) is 0. The Labute approximate surface area is 106 Å². The number of halogens is 1. The summed E-state index contributed by atoms with van der Waals surface area (Å²) in [5.74, 6) is 0. The summed E-state index contributed by atoms with van der Waals surface area (Å²) in [4.78, 5) is 2.42. The second kappa shape index (κ2) is 6.77. The molecule has 0 aliphatic carbocycles. The molecule has 0 aromatic heterocycles. The van der Waals surface area contributed by atoms with Gasteiger partial charge in [0.1, 0.15) is 0 Å². The molecule has 0 atom stereocenters. The van der Waals surface area contributed by atoms with Gasteiger partial charge in [0.15, 0.2) is 0 Å². The van der Waals surface area contributed by atoms with Crippen molar-refractivity contribution in [1.82, 2.24) is 0 Å². The summed E-state index contributed by atoms with van der Waals surface area (Å²) in [7, 11) is 6.70. The van der Waals surface area contributed by atoms with Gasteiger partial charge < -0.3 is 21.8 Å². The van der Waals surface area contributed by atoms with Crippen molar-refractivity contribution in [1.29, 1.82) is 0 Å². The lowest BCUT2D eigenvalue weighted by Crippen LogP contribution is -3.00. The third kappa shape index (κ3) is 5.38. The zero-order valence-corrected chi connectivity index (χ0v) is 11.5. The van der Waals surface area contributed by atoms with Gasteiger partial charge in [-0.05, 0) is 19.1 Å². The topological polar surface area (TPSA) is 3.24 Å². The van der Waals surface area contributed by atoms with Crippen molar-refractivity contribution in [3.8, 4) is 0 Å². The van der Waals surface area contributed by atoms with Crippen LogP contribution in [0, 0.1) is 0 Å². The Morgan fingerprint density at radius 3 is 2.06 bits per heavy atom. The molecule has 0 N–H and O–H groups in total. The first-order valence-corrected chi connectivity index (χ1v) is 5.63. The molecule has 0 saturated heterocycles. The van der Waals surface area contributed by atoms with E-state index in [4.69, 9.17) is 0 Å². The third-order valence-corrected chi connectivity index (χ3v) is 2.54. The molecular formula is C13H23ClN2. The van der Waals surface area contributed by atoms with Crippen molar-refractivity contribution in [2.45, 2.75) is 6.92 Å². The highest BCUT2D eigenvalue weighted by molar-refractivity contribution is 5.45. The number of quaternary nitrogens is 1. The van der Waals surface area contributed by atoms with Gasteiger partial charge in [-0.25, -0.2) is 0 Å². The molecule has 3 heteroatoms. The molecular weight excluding hydrogens is 220 g/mol. The van der Waals surface area contributed by atoms with Gasteiger partial charge in [0.2, 0.25) is 0 Å². The van der Waals surface area contributed by atoms with Gasteiger partial charge in [-0.3, -0.25) is 0 Å². The average Bonchev–Trinajstić information content (AvgIpc) is 2.19. The lowest BCUT2D eigenvalue weighted by molar-refractivity contribution is -0.868. The molecule has 0 bridgehead atoms. The Morgan fingerprint density at radius 2 is 1.62 bits per heavy atom. The summed E-state index contributed by atoms with van der Waals surface area (Å²) in [5, 5.41) is 0. The van der Waals surface area contributed by atoms with Crippen LogP contribution in [-0.2, 0) is 0 Å². The van der Waals surface area contributed by atoms with Gasteiger partial charge in [-0.1, -0.05) is 18.2 Å². The van der Waals surface area contributed by atoms with Gasteiger partial charge in [-0.15, -0.1) is 0 Å². The monoisotopic (exact) mass is 242 g/mol. The number of hydrogen-bond donors (Lipinski definition) is 0. The Morgan fingerprint density at radius 1 is 1.06 bits per heavy atom. The van der Waals surface area contributed by atoms with Gasteiger partial charge in [0, 0.05) is 12.2 Å². The van der Waals surface area contributed by atoms with Crippen LogP contribution in [0.3, 0.4) is 0 Å². The molecule has 1 aromatic carbocycles. The van der Waals surface area contributed by atoms with Crippen molar-refractivity contribution in [2.24, 2.45) is 0 Å². The Hall–Kier alpha value is -0.730. The van der Waals surface area contributed by atoms with E-state index < -0.39 is 0 Å². The smallest absolute Gasteiger partial charge is 0.0958 e. The van der Waals surface area contributed by atoms with E-state index >= 15 is 0 Å². The molecule has 0 fully saturated rings. The van der Waals surface area contributed by atoms with E-state index in [1.165, 1.54) is 12.2 Å². The van der Waals surface area contributed by atoms with Crippen molar-refractivity contribution in [3.63, 3.8) is 0 Å². The van der Waals surface area contributed by atoms with E-state index in [0.717, 1.165) is 17.6 Å². The summed E-state index contributed by atoms with van der Waals surface area (Å²) in [5.41, 5.74) is 1.33. The maximum atomic E-state index is 2.42. The number of rotatable bonds is 5. The van der Waals surface area contributed by atoms with Crippen LogP contribution >= 0.6 is 0 Å². The predicted molar refractivity (Wildman–Crippen MR) is 67.2 cm³/mol. The van der Waals surface area contributed by atoms with Crippen molar-refractivity contribution < 1.29 is 16.9 Å². The molecule has 0 radical (unpaired) electrons. The number of anilines is 1. The van der Waals surface area contributed by atoms with Crippen molar-refractivity contribution in [2.75, 3.05) is 45.7 Å². The molecule has 0 saturated carbocycles. The van der Waals surface area contributed by atoms with Crippen LogP contribution in [0.1, 0.15) is 6.92 Å². The summed E-state index contributed by atoms with van der Waals surface area (Å²) < 4.78 is 1.02. The standard InChI is InChI=1S/C13H23N2.ClH/c1-5-14(11-12-15(2,3)4)13-9-7-6-8-10-13;/h6-10H,5,11-12H2,1-4H3;1H/q+1;/p-1. The Kier molecular flexibility index (Phi) is 6.46. The number of likely N-dealkylation sites (N-methyl/N-ethyl adjacent to an activating group) is 2. The molecule has 1 rings (SSSR count). The number of para-hydroxylation sites is 1. The molecule has 0 aliphatic heterocycles. The van der Waals surface area contributed by atoms with Crippen molar-refractivity contribution in [3.05, 3.63) is 30.3 Å². The molecule has 92 valence electrons. The molecule has 2 nitrogen and oxygen atoms in total. The van der Waals surface area contributed by atoms with Crippen LogP contribution in [0.5, 0.6) is 0 Å². The summed E-state index contributed by atoms with van der Waals surface area (Å²) >= 11 is 0. The summed E-state index contributed by atoms with van der Waals surface area (Å²) in [6, 6.07) is 10.6. The molecule has 0 heterocycles. The minimum Gasteiger partial charge on any atom is -1.00 e. The Bertz CT molecular complexity index is 280. The number of hydrogen-bond acceptors (Lipinski definition) is 1. The maximum absolute atomic E-state index is 2.42. The first-order chi connectivity index (χ1) is 7.03. The largest absolute Gasteiger partial charge is 1.00 e. The molecule has 16 heavy (non-hydrogen) atoms. The fourth-order valence-electron chi connectivity index (χ4n) is 1.53. The molecule has 0 amide bonds. The normalized spacial score (nSPS) is 10.8. The highest BCUT2D eigenvalue weighted by Crippen LogP contribution is 2.12. The highest BCUT2D eigenvalue weighted by Gasteiger charge is 2.10. The lowest BCUT2D eigenvalue weighted by atomic mass is 10.3. The first kappa shape index (κ1) is 15.3. The van der Waals surface area contributed by atoms with Gasteiger partial charge in [0.25, 0.3) is 0 Å². The van der Waals surface area contributed by atoms with Crippen LogP contribution in [0.4, 0.5) is 5.69 Å². The van der Waals surface area contributed by atoms with E-state index in [-0.39, 0.29) is 12.4 Å². The number of nitrogens with zero attached hydrogens (tertiary/aromatic N) is 2. The number of benzene rings is 1. The minimum atomic E-state index is 0. The Balaban J connectivity index is 0.00000225. The SMILES string of the molecule is CCN(CC[N+](C)(C)C)c1ccccc1.[Cl-]. The van der Waals surface area contributed by atoms with Gasteiger partial charge in [-0.2, -0.15) is 0 Å². The van der Waals surface area contributed by atoms with Crippen LogP contribution < -0.4 is 17.3 Å². The fraction of sp³-hybridized carbons (Fsp3) is 0.538.